The number of hydrogen-bond donors (Lipinski definition) is 1. The molecule has 18 heavy (non-hydrogen) atoms. The molecule has 1 saturated heterocycles. The third-order valence-electron chi connectivity index (χ3n) is 4.03. The Balaban J connectivity index is 1.79. The Labute approximate surface area is 111 Å². The van der Waals surface area contributed by atoms with Gasteiger partial charge in [0.1, 0.15) is 0 Å². The number of piperazine rings is 1. The molecule has 0 aromatic carbocycles. The fourth-order valence-corrected chi connectivity index (χ4v) is 2.71. The lowest BCUT2D eigenvalue weighted by atomic mass is 10.0. The van der Waals surface area contributed by atoms with E-state index < -0.39 is 5.54 Å². The van der Waals surface area contributed by atoms with Crippen molar-refractivity contribution >= 4 is 5.91 Å². The van der Waals surface area contributed by atoms with Crippen molar-refractivity contribution in [2.75, 3.05) is 39.3 Å². The maximum atomic E-state index is 12.4. The summed E-state index contributed by atoms with van der Waals surface area (Å²) in [5.74, 6) is 1.20. The number of carbonyl (C=O) groups excluding carboxylic acids is 1. The summed E-state index contributed by atoms with van der Waals surface area (Å²) in [6.07, 6.45) is 2.82. The number of carbonyl (C=O) groups is 1. The van der Waals surface area contributed by atoms with Gasteiger partial charge in [0, 0.05) is 32.7 Å². The molecule has 1 amide bonds. The molecular formula is C14H27N3O. The molecule has 2 fully saturated rings. The van der Waals surface area contributed by atoms with Crippen molar-refractivity contribution in [2.24, 2.45) is 5.92 Å². The van der Waals surface area contributed by atoms with Gasteiger partial charge in [-0.25, -0.2) is 0 Å². The van der Waals surface area contributed by atoms with Gasteiger partial charge in [-0.15, -0.1) is 0 Å². The van der Waals surface area contributed by atoms with Crippen LogP contribution in [0.1, 0.15) is 33.6 Å². The van der Waals surface area contributed by atoms with Gasteiger partial charge in [0.25, 0.3) is 0 Å². The van der Waals surface area contributed by atoms with E-state index in [9.17, 15) is 4.79 Å². The van der Waals surface area contributed by atoms with E-state index in [-0.39, 0.29) is 5.91 Å². The Hall–Kier alpha value is -0.610. The minimum Gasteiger partial charge on any atom is -0.339 e. The number of amides is 1. The van der Waals surface area contributed by atoms with Gasteiger partial charge in [-0.05, 0) is 39.2 Å². The van der Waals surface area contributed by atoms with Crippen LogP contribution in [0.15, 0.2) is 0 Å². The maximum absolute atomic E-state index is 12.4. The van der Waals surface area contributed by atoms with Gasteiger partial charge < -0.3 is 10.2 Å². The zero-order chi connectivity index (χ0) is 13.2. The molecule has 4 heteroatoms. The van der Waals surface area contributed by atoms with Crippen molar-refractivity contribution in [3.63, 3.8) is 0 Å². The van der Waals surface area contributed by atoms with Gasteiger partial charge >= 0.3 is 0 Å². The molecule has 0 atom stereocenters. The average molecular weight is 253 g/mol. The summed E-state index contributed by atoms with van der Waals surface area (Å²) in [7, 11) is 0. The van der Waals surface area contributed by atoms with Gasteiger partial charge in [-0.3, -0.25) is 9.69 Å². The van der Waals surface area contributed by atoms with Crippen LogP contribution in [0.2, 0.25) is 0 Å². The highest BCUT2D eigenvalue weighted by molar-refractivity contribution is 5.85. The normalized spacial score (nSPS) is 22.3. The molecule has 1 aliphatic heterocycles. The SMILES string of the molecule is CCNC(C)(C)C(=O)N1CCN(CC2CC2)CC1. The van der Waals surface area contributed by atoms with Crippen LogP contribution in [0, 0.1) is 5.92 Å². The largest absolute Gasteiger partial charge is 0.339 e. The van der Waals surface area contributed by atoms with E-state index in [1.165, 1.54) is 19.4 Å². The smallest absolute Gasteiger partial charge is 0.242 e. The monoisotopic (exact) mass is 253 g/mol. The first kappa shape index (κ1) is 13.8. The van der Waals surface area contributed by atoms with Crippen LogP contribution in [0.4, 0.5) is 0 Å². The highest BCUT2D eigenvalue weighted by atomic mass is 16.2. The second-order valence-electron chi connectivity index (χ2n) is 6.19. The molecule has 2 aliphatic rings. The van der Waals surface area contributed by atoms with E-state index in [1.54, 1.807) is 0 Å². The number of hydrogen-bond acceptors (Lipinski definition) is 3. The molecule has 1 heterocycles. The Bertz CT molecular complexity index is 291. The number of rotatable bonds is 5. The first-order valence-corrected chi connectivity index (χ1v) is 7.29. The molecule has 4 nitrogen and oxygen atoms in total. The van der Waals surface area contributed by atoms with Gasteiger partial charge in [0.2, 0.25) is 5.91 Å². The Morgan fingerprint density at radius 3 is 2.33 bits per heavy atom. The van der Waals surface area contributed by atoms with Gasteiger partial charge in [0.15, 0.2) is 0 Å². The lowest BCUT2D eigenvalue weighted by molar-refractivity contribution is -0.138. The van der Waals surface area contributed by atoms with Crippen LogP contribution in [0.25, 0.3) is 0 Å². The molecule has 0 aromatic rings. The van der Waals surface area contributed by atoms with Crippen molar-refractivity contribution in [1.82, 2.24) is 15.1 Å². The molecular weight excluding hydrogens is 226 g/mol. The summed E-state index contributed by atoms with van der Waals surface area (Å²) in [5.41, 5.74) is -0.423. The minimum absolute atomic E-state index is 0.246. The Kier molecular flexibility index (Phi) is 4.28. The van der Waals surface area contributed by atoms with Crippen molar-refractivity contribution < 1.29 is 4.79 Å². The lowest BCUT2D eigenvalue weighted by Gasteiger charge is -2.38. The first-order valence-electron chi connectivity index (χ1n) is 7.29. The zero-order valence-electron chi connectivity index (χ0n) is 12.0. The van der Waals surface area contributed by atoms with Crippen LogP contribution >= 0.6 is 0 Å². The van der Waals surface area contributed by atoms with E-state index in [0.29, 0.717) is 0 Å². The summed E-state index contributed by atoms with van der Waals surface area (Å²) in [6.45, 7) is 12.0. The Morgan fingerprint density at radius 1 is 1.22 bits per heavy atom. The topological polar surface area (TPSA) is 35.6 Å². The molecule has 0 spiro atoms. The molecule has 104 valence electrons. The molecule has 0 bridgehead atoms. The molecule has 1 aliphatic carbocycles. The zero-order valence-corrected chi connectivity index (χ0v) is 12.0. The second kappa shape index (κ2) is 5.57. The molecule has 2 rings (SSSR count). The van der Waals surface area contributed by atoms with Crippen LogP contribution in [-0.4, -0.2) is 60.5 Å². The van der Waals surface area contributed by atoms with Gasteiger partial charge in [-0.2, -0.15) is 0 Å². The molecule has 0 aromatic heterocycles. The van der Waals surface area contributed by atoms with Crippen LogP contribution < -0.4 is 5.32 Å². The van der Waals surface area contributed by atoms with E-state index in [4.69, 9.17) is 0 Å². The van der Waals surface area contributed by atoms with Crippen LogP contribution in [-0.2, 0) is 4.79 Å². The second-order valence-corrected chi connectivity index (χ2v) is 6.19. The standard InChI is InChI=1S/C14H27N3O/c1-4-15-14(2,3)13(18)17-9-7-16(8-10-17)11-12-5-6-12/h12,15H,4-11H2,1-3H3. The fourth-order valence-electron chi connectivity index (χ4n) is 2.71. The van der Waals surface area contributed by atoms with Gasteiger partial charge in [0.05, 0.1) is 5.54 Å². The summed E-state index contributed by atoms with van der Waals surface area (Å²) >= 11 is 0. The average Bonchev–Trinajstić information content (AvgIpc) is 3.13. The van der Waals surface area contributed by atoms with Gasteiger partial charge in [-0.1, -0.05) is 6.92 Å². The molecule has 1 N–H and O–H groups in total. The van der Waals surface area contributed by atoms with Crippen molar-refractivity contribution in [1.29, 1.82) is 0 Å². The van der Waals surface area contributed by atoms with Crippen molar-refractivity contribution in [3.05, 3.63) is 0 Å². The predicted molar refractivity (Wildman–Crippen MR) is 73.5 cm³/mol. The molecule has 0 unspecified atom stereocenters. The fraction of sp³-hybridized carbons (Fsp3) is 0.929. The highest BCUT2D eigenvalue weighted by Crippen LogP contribution is 2.30. The van der Waals surface area contributed by atoms with E-state index >= 15 is 0 Å². The number of likely N-dealkylation sites (N-methyl/N-ethyl adjacent to an activating group) is 1. The van der Waals surface area contributed by atoms with E-state index in [1.807, 2.05) is 25.7 Å². The van der Waals surface area contributed by atoms with Crippen LogP contribution in [0.3, 0.4) is 0 Å². The predicted octanol–water partition coefficient (Wildman–Crippen LogP) is 0.929. The summed E-state index contributed by atoms with van der Waals surface area (Å²) in [4.78, 5) is 16.9. The quantitative estimate of drug-likeness (QED) is 0.792. The lowest BCUT2D eigenvalue weighted by Crippen LogP contribution is -2.58. The number of nitrogens with one attached hydrogen (secondary N) is 1. The molecule has 0 radical (unpaired) electrons. The third kappa shape index (κ3) is 3.45. The third-order valence-corrected chi connectivity index (χ3v) is 4.03. The summed E-state index contributed by atoms with van der Waals surface area (Å²) in [5, 5.41) is 3.27. The summed E-state index contributed by atoms with van der Waals surface area (Å²) < 4.78 is 0. The highest BCUT2D eigenvalue weighted by Gasteiger charge is 2.33. The van der Waals surface area contributed by atoms with Crippen LogP contribution in [0.5, 0.6) is 0 Å². The molecule has 1 saturated carbocycles. The van der Waals surface area contributed by atoms with Crippen molar-refractivity contribution in [3.8, 4) is 0 Å². The first-order chi connectivity index (χ1) is 8.53. The minimum atomic E-state index is -0.423. The van der Waals surface area contributed by atoms with E-state index in [2.05, 4.69) is 10.2 Å². The number of nitrogens with zero attached hydrogens (tertiary/aromatic N) is 2. The van der Waals surface area contributed by atoms with Crippen molar-refractivity contribution in [2.45, 2.75) is 39.2 Å². The maximum Gasteiger partial charge on any atom is 0.242 e. The van der Waals surface area contributed by atoms with E-state index in [0.717, 1.165) is 38.6 Å². The Morgan fingerprint density at radius 2 is 1.83 bits per heavy atom. The summed E-state index contributed by atoms with van der Waals surface area (Å²) in [6, 6.07) is 0.